The lowest BCUT2D eigenvalue weighted by Gasteiger charge is -2.45. The van der Waals surface area contributed by atoms with Crippen LogP contribution in [0.3, 0.4) is 0 Å². The molecule has 3 fully saturated rings. The third-order valence-electron chi connectivity index (χ3n) is 4.63. The van der Waals surface area contributed by atoms with Crippen molar-refractivity contribution in [3.05, 3.63) is 0 Å². The molecule has 0 aromatic heterocycles. The first kappa shape index (κ1) is 9.79. The van der Waals surface area contributed by atoms with Crippen molar-refractivity contribution in [2.45, 2.75) is 44.2 Å². The third-order valence-corrected chi connectivity index (χ3v) is 4.63. The standard InChI is InChI=1S/C12H20N2O/c15-11-5-6-13-12-8-3-1-2-4-10(8)14-7-9(11)12/h8-10,12-14H,1-7H2/p+1. The first-order valence-electron chi connectivity index (χ1n) is 6.45. The first-order valence-corrected chi connectivity index (χ1v) is 6.45. The molecule has 0 radical (unpaired) electrons. The Bertz CT molecular complexity index is 266. The zero-order chi connectivity index (χ0) is 10.3. The molecule has 3 rings (SSSR count). The van der Waals surface area contributed by atoms with E-state index in [0.29, 0.717) is 17.7 Å². The van der Waals surface area contributed by atoms with Crippen LogP contribution in [0.2, 0.25) is 0 Å². The molecule has 0 amide bonds. The van der Waals surface area contributed by atoms with E-state index in [1.165, 1.54) is 25.7 Å². The predicted molar refractivity (Wildman–Crippen MR) is 57.4 cm³/mol. The summed E-state index contributed by atoms with van der Waals surface area (Å²) in [5.74, 6) is 1.60. The van der Waals surface area contributed by atoms with Gasteiger partial charge in [0.15, 0.2) is 0 Å². The molecule has 2 aliphatic heterocycles. The fraction of sp³-hybridized carbons (Fsp3) is 0.917. The van der Waals surface area contributed by atoms with Crippen LogP contribution in [0.25, 0.3) is 0 Å². The van der Waals surface area contributed by atoms with Crippen LogP contribution in [0.4, 0.5) is 0 Å². The maximum absolute atomic E-state index is 11.8. The summed E-state index contributed by atoms with van der Waals surface area (Å²) < 4.78 is 0. The van der Waals surface area contributed by atoms with Crippen molar-refractivity contribution in [1.29, 1.82) is 0 Å². The lowest BCUT2D eigenvalue weighted by Crippen LogP contribution is -2.97. The summed E-state index contributed by atoms with van der Waals surface area (Å²) in [5.41, 5.74) is 0. The maximum Gasteiger partial charge on any atom is 0.144 e. The molecule has 4 atom stereocenters. The molecule has 3 nitrogen and oxygen atoms in total. The number of ketones is 1. The molecule has 0 bridgehead atoms. The average molecular weight is 209 g/mol. The number of hydrogen-bond acceptors (Lipinski definition) is 2. The van der Waals surface area contributed by atoms with E-state index in [-0.39, 0.29) is 0 Å². The maximum atomic E-state index is 11.8. The highest BCUT2D eigenvalue weighted by molar-refractivity contribution is 5.83. The molecule has 1 saturated carbocycles. The summed E-state index contributed by atoms with van der Waals surface area (Å²) in [5, 5.41) is 6.06. The number of carbonyl (C=O) groups is 1. The molecule has 2 saturated heterocycles. The normalized spacial score (nSPS) is 45.7. The molecule has 2 heterocycles. The van der Waals surface area contributed by atoms with Gasteiger partial charge in [-0.3, -0.25) is 4.79 Å². The molecule has 4 unspecified atom stereocenters. The second kappa shape index (κ2) is 3.87. The van der Waals surface area contributed by atoms with Gasteiger partial charge in [0.1, 0.15) is 5.78 Å². The number of piperidine rings is 2. The lowest BCUT2D eigenvalue weighted by atomic mass is 9.70. The fourth-order valence-corrected chi connectivity index (χ4v) is 3.87. The summed E-state index contributed by atoms with van der Waals surface area (Å²) in [4.78, 5) is 11.8. The van der Waals surface area contributed by atoms with Gasteiger partial charge < -0.3 is 10.6 Å². The van der Waals surface area contributed by atoms with Crippen molar-refractivity contribution < 1.29 is 10.1 Å². The van der Waals surface area contributed by atoms with Crippen molar-refractivity contribution in [3.63, 3.8) is 0 Å². The Morgan fingerprint density at radius 2 is 2.13 bits per heavy atom. The van der Waals surface area contributed by atoms with Crippen LogP contribution in [0.5, 0.6) is 0 Å². The molecule has 0 aromatic rings. The monoisotopic (exact) mass is 209 g/mol. The number of carbonyl (C=O) groups excluding carboxylic acids is 1. The van der Waals surface area contributed by atoms with Crippen LogP contribution in [-0.2, 0) is 4.79 Å². The molecular formula is C12H21N2O+. The third kappa shape index (κ3) is 1.62. The summed E-state index contributed by atoms with van der Waals surface area (Å²) >= 11 is 0. The van der Waals surface area contributed by atoms with Crippen LogP contribution in [0.1, 0.15) is 32.1 Å². The van der Waals surface area contributed by atoms with E-state index in [0.717, 1.165) is 31.5 Å². The van der Waals surface area contributed by atoms with E-state index in [9.17, 15) is 4.79 Å². The zero-order valence-electron chi connectivity index (χ0n) is 9.24. The van der Waals surface area contributed by atoms with E-state index >= 15 is 0 Å². The Morgan fingerprint density at radius 1 is 1.27 bits per heavy atom. The number of quaternary nitrogens is 1. The van der Waals surface area contributed by atoms with Crippen LogP contribution < -0.4 is 10.6 Å². The van der Waals surface area contributed by atoms with Gasteiger partial charge in [0.2, 0.25) is 0 Å². The van der Waals surface area contributed by atoms with E-state index < -0.39 is 0 Å². The number of hydrogen-bond donors (Lipinski definition) is 2. The molecule has 15 heavy (non-hydrogen) atoms. The number of rotatable bonds is 0. The van der Waals surface area contributed by atoms with Crippen molar-refractivity contribution >= 4 is 5.78 Å². The second-order valence-electron chi connectivity index (χ2n) is 5.39. The molecule has 1 aliphatic carbocycles. The Labute approximate surface area is 91.0 Å². The van der Waals surface area contributed by atoms with Gasteiger partial charge in [-0.1, -0.05) is 6.42 Å². The van der Waals surface area contributed by atoms with E-state index in [2.05, 4.69) is 10.6 Å². The SMILES string of the molecule is O=C1CCNC2C1C[NH2+]C1CCCCC12. The Balaban J connectivity index is 1.79. The molecular weight excluding hydrogens is 188 g/mol. The largest absolute Gasteiger partial charge is 0.343 e. The van der Waals surface area contributed by atoms with Gasteiger partial charge in [0.25, 0.3) is 0 Å². The predicted octanol–water partition coefficient (Wildman–Crippen LogP) is -0.331. The number of Topliss-reactive ketones (excluding diaryl/α,β-unsaturated/α-hetero) is 1. The van der Waals surface area contributed by atoms with Crippen LogP contribution in [-0.4, -0.2) is 31.0 Å². The number of fused-ring (bicyclic) bond motifs is 3. The highest BCUT2D eigenvalue weighted by atomic mass is 16.1. The Kier molecular flexibility index (Phi) is 2.53. The first-order chi connectivity index (χ1) is 7.36. The van der Waals surface area contributed by atoms with Crippen molar-refractivity contribution in [2.24, 2.45) is 11.8 Å². The zero-order valence-corrected chi connectivity index (χ0v) is 9.24. The van der Waals surface area contributed by atoms with E-state index in [1.54, 1.807) is 0 Å². The average Bonchev–Trinajstić information content (AvgIpc) is 2.29. The summed E-state index contributed by atoms with van der Waals surface area (Å²) in [6, 6.07) is 1.32. The summed E-state index contributed by atoms with van der Waals surface area (Å²) in [6.07, 6.45) is 6.22. The van der Waals surface area contributed by atoms with Gasteiger partial charge in [-0.25, -0.2) is 0 Å². The highest BCUT2D eigenvalue weighted by Crippen LogP contribution is 2.32. The minimum absolute atomic E-state index is 0.318. The second-order valence-corrected chi connectivity index (χ2v) is 5.39. The van der Waals surface area contributed by atoms with Gasteiger partial charge >= 0.3 is 0 Å². The Hall–Kier alpha value is -0.410. The van der Waals surface area contributed by atoms with Crippen LogP contribution in [0.15, 0.2) is 0 Å². The van der Waals surface area contributed by atoms with E-state index in [1.807, 2.05) is 0 Å². The molecule has 3 aliphatic rings. The van der Waals surface area contributed by atoms with E-state index in [4.69, 9.17) is 0 Å². The van der Waals surface area contributed by atoms with Crippen molar-refractivity contribution in [3.8, 4) is 0 Å². The van der Waals surface area contributed by atoms with Crippen LogP contribution in [0, 0.1) is 11.8 Å². The quantitative estimate of drug-likeness (QED) is 0.574. The van der Waals surface area contributed by atoms with Crippen molar-refractivity contribution in [1.82, 2.24) is 5.32 Å². The molecule has 0 spiro atoms. The van der Waals surface area contributed by atoms with Crippen LogP contribution >= 0.6 is 0 Å². The smallest absolute Gasteiger partial charge is 0.144 e. The lowest BCUT2D eigenvalue weighted by molar-refractivity contribution is -0.712. The highest BCUT2D eigenvalue weighted by Gasteiger charge is 2.46. The fourth-order valence-electron chi connectivity index (χ4n) is 3.87. The number of nitrogens with two attached hydrogens (primary N) is 1. The number of nitrogens with one attached hydrogen (secondary N) is 1. The van der Waals surface area contributed by atoms with Gasteiger partial charge in [-0.2, -0.15) is 0 Å². The molecule has 0 aromatic carbocycles. The van der Waals surface area contributed by atoms with Gasteiger partial charge in [-0.15, -0.1) is 0 Å². The molecule has 3 heteroatoms. The van der Waals surface area contributed by atoms with Gasteiger partial charge in [0, 0.05) is 24.9 Å². The summed E-state index contributed by atoms with van der Waals surface area (Å²) in [6.45, 7) is 1.96. The summed E-state index contributed by atoms with van der Waals surface area (Å²) in [7, 11) is 0. The van der Waals surface area contributed by atoms with Crippen molar-refractivity contribution in [2.75, 3.05) is 13.1 Å². The minimum atomic E-state index is 0.318. The molecule has 84 valence electrons. The molecule has 3 N–H and O–H groups in total. The minimum Gasteiger partial charge on any atom is -0.343 e. The Morgan fingerprint density at radius 3 is 3.07 bits per heavy atom. The van der Waals surface area contributed by atoms with Gasteiger partial charge in [-0.05, 0) is 19.3 Å². The van der Waals surface area contributed by atoms with Gasteiger partial charge in [0.05, 0.1) is 18.5 Å². The topological polar surface area (TPSA) is 45.7 Å².